The van der Waals surface area contributed by atoms with Crippen molar-refractivity contribution < 1.29 is 30.8 Å². The molecular formula is C15H30F4O3Si. The van der Waals surface area contributed by atoms with Crippen molar-refractivity contribution in [3.05, 3.63) is 0 Å². The molecule has 0 radical (unpaired) electrons. The van der Waals surface area contributed by atoms with E-state index >= 15 is 4.39 Å². The minimum Gasteiger partial charge on any atom is -0.372 e. The molecule has 23 heavy (non-hydrogen) atoms. The van der Waals surface area contributed by atoms with E-state index in [1.54, 1.807) is 0 Å². The molecule has 140 valence electrons. The van der Waals surface area contributed by atoms with Crippen molar-refractivity contribution in [3.63, 3.8) is 0 Å². The molecule has 0 aromatic carbocycles. The Bertz CT molecular complexity index is 299. The third-order valence-electron chi connectivity index (χ3n) is 3.56. The number of hydrogen-bond acceptors (Lipinski definition) is 3. The lowest BCUT2D eigenvalue weighted by molar-refractivity contribution is -0.225. The zero-order chi connectivity index (χ0) is 18.0. The van der Waals surface area contributed by atoms with Gasteiger partial charge in [-0.1, -0.05) is 32.6 Å². The monoisotopic (exact) mass is 362 g/mol. The summed E-state index contributed by atoms with van der Waals surface area (Å²) in [7, 11) is -4.54. The van der Waals surface area contributed by atoms with Crippen molar-refractivity contribution in [2.45, 2.75) is 77.7 Å². The predicted molar refractivity (Wildman–Crippen MR) is 83.9 cm³/mol. The Labute approximate surface area is 138 Å². The van der Waals surface area contributed by atoms with Crippen LogP contribution in [-0.2, 0) is 13.3 Å². The highest BCUT2D eigenvalue weighted by Gasteiger charge is 2.75. The van der Waals surface area contributed by atoms with E-state index < -0.39 is 26.7 Å². The molecule has 0 N–H and O–H groups in total. The Morgan fingerprint density at radius 3 is 1.48 bits per heavy atom. The van der Waals surface area contributed by atoms with E-state index in [2.05, 4.69) is 0 Å². The maximum Gasteiger partial charge on any atom is 0.550 e. The standard InChI is InChI=1S/C15H30F4O3Si/c1-5-9-10-11-12-13-14(16,15(17,18)19)23(20-6-2,21-7-3)22-8-4/h5-13H2,1-4H3. The van der Waals surface area contributed by atoms with Crippen molar-refractivity contribution >= 4 is 8.80 Å². The van der Waals surface area contributed by atoms with Gasteiger partial charge in [-0.3, -0.25) is 0 Å². The molecule has 0 fully saturated rings. The molecule has 0 aromatic heterocycles. The topological polar surface area (TPSA) is 27.7 Å². The molecule has 3 nitrogen and oxygen atoms in total. The summed E-state index contributed by atoms with van der Waals surface area (Å²) in [6.45, 7) is 6.26. The van der Waals surface area contributed by atoms with Crippen LogP contribution in [0.3, 0.4) is 0 Å². The highest BCUT2D eigenvalue weighted by Crippen LogP contribution is 2.46. The second-order valence-corrected chi connectivity index (χ2v) is 8.09. The summed E-state index contributed by atoms with van der Waals surface area (Å²) in [5.41, 5.74) is 0. The molecule has 1 unspecified atom stereocenters. The summed E-state index contributed by atoms with van der Waals surface area (Å²) < 4.78 is 71.5. The number of alkyl halides is 4. The molecule has 0 aliphatic rings. The van der Waals surface area contributed by atoms with Crippen molar-refractivity contribution in [1.82, 2.24) is 0 Å². The van der Waals surface area contributed by atoms with Crippen LogP contribution in [0.2, 0.25) is 0 Å². The van der Waals surface area contributed by atoms with E-state index in [4.69, 9.17) is 13.3 Å². The summed E-state index contributed by atoms with van der Waals surface area (Å²) in [6.07, 6.45) is -2.43. The molecule has 0 saturated heterocycles. The van der Waals surface area contributed by atoms with Gasteiger partial charge >= 0.3 is 15.0 Å². The molecule has 0 rings (SSSR count). The fourth-order valence-electron chi connectivity index (χ4n) is 2.48. The molecule has 0 aromatic rings. The Morgan fingerprint density at radius 1 is 0.696 bits per heavy atom. The van der Waals surface area contributed by atoms with Crippen LogP contribution in [0.15, 0.2) is 0 Å². The molecule has 0 amide bonds. The van der Waals surface area contributed by atoms with Crippen molar-refractivity contribution in [2.24, 2.45) is 0 Å². The van der Waals surface area contributed by atoms with Crippen LogP contribution in [0, 0.1) is 0 Å². The lowest BCUT2D eigenvalue weighted by Crippen LogP contribution is -2.69. The van der Waals surface area contributed by atoms with Crippen LogP contribution in [0.4, 0.5) is 17.6 Å². The van der Waals surface area contributed by atoms with Crippen LogP contribution in [0.25, 0.3) is 0 Å². The fraction of sp³-hybridized carbons (Fsp3) is 1.00. The molecule has 0 bridgehead atoms. The van der Waals surface area contributed by atoms with Crippen molar-refractivity contribution in [2.75, 3.05) is 19.8 Å². The van der Waals surface area contributed by atoms with Crippen LogP contribution < -0.4 is 0 Å². The molecular weight excluding hydrogens is 332 g/mol. The number of halogens is 4. The first-order valence-corrected chi connectivity index (χ1v) is 10.1. The van der Waals surface area contributed by atoms with Gasteiger partial charge in [0.15, 0.2) is 0 Å². The largest absolute Gasteiger partial charge is 0.550 e. The zero-order valence-corrected chi connectivity index (χ0v) is 15.6. The Balaban J connectivity index is 5.40. The maximum atomic E-state index is 15.3. The van der Waals surface area contributed by atoms with E-state index in [9.17, 15) is 13.2 Å². The van der Waals surface area contributed by atoms with Crippen molar-refractivity contribution in [1.29, 1.82) is 0 Å². The average Bonchev–Trinajstić information content (AvgIpc) is 2.46. The summed E-state index contributed by atoms with van der Waals surface area (Å²) in [5.74, 6) is 0. The van der Waals surface area contributed by atoms with E-state index in [1.165, 1.54) is 20.8 Å². The third-order valence-corrected chi connectivity index (χ3v) is 7.07. The van der Waals surface area contributed by atoms with Gasteiger partial charge in [-0.25, -0.2) is 4.39 Å². The maximum absolute atomic E-state index is 15.3. The minimum absolute atomic E-state index is 0.0934. The Hall–Kier alpha value is -0.183. The van der Waals surface area contributed by atoms with Gasteiger partial charge < -0.3 is 13.3 Å². The Morgan fingerprint density at radius 2 is 1.13 bits per heavy atom. The van der Waals surface area contributed by atoms with Crippen LogP contribution in [-0.4, -0.2) is 40.1 Å². The van der Waals surface area contributed by atoms with Gasteiger partial charge in [-0.2, -0.15) is 13.2 Å². The van der Waals surface area contributed by atoms with Crippen LogP contribution >= 0.6 is 0 Å². The fourth-order valence-corrected chi connectivity index (χ4v) is 5.39. The van der Waals surface area contributed by atoms with Crippen LogP contribution in [0.5, 0.6) is 0 Å². The molecule has 8 heteroatoms. The highest BCUT2D eigenvalue weighted by molar-refractivity contribution is 6.64. The normalized spacial score (nSPS) is 15.7. The molecule has 1 atom stereocenters. The van der Waals surface area contributed by atoms with Crippen LogP contribution in [0.1, 0.15) is 66.2 Å². The molecule has 0 heterocycles. The first-order valence-electron chi connectivity index (χ1n) is 8.42. The van der Waals surface area contributed by atoms with E-state index in [-0.39, 0.29) is 26.2 Å². The summed E-state index contributed by atoms with van der Waals surface area (Å²) in [6, 6.07) is 0. The van der Waals surface area contributed by atoms with Gasteiger partial charge in [-0.15, -0.1) is 0 Å². The van der Waals surface area contributed by atoms with Crippen molar-refractivity contribution in [3.8, 4) is 0 Å². The average molecular weight is 362 g/mol. The minimum atomic E-state index is -5.09. The number of hydrogen-bond donors (Lipinski definition) is 0. The second kappa shape index (κ2) is 10.6. The van der Waals surface area contributed by atoms with Gasteiger partial charge in [-0.05, 0) is 33.6 Å². The quantitative estimate of drug-likeness (QED) is 0.256. The zero-order valence-electron chi connectivity index (χ0n) is 14.6. The van der Waals surface area contributed by atoms with Gasteiger partial charge in [0.2, 0.25) is 0 Å². The number of rotatable bonds is 13. The van der Waals surface area contributed by atoms with Gasteiger partial charge in [0.1, 0.15) is 0 Å². The van der Waals surface area contributed by atoms with Gasteiger partial charge in [0.05, 0.1) is 0 Å². The third kappa shape index (κ3) is 5.99. The van der Waals surface area contributed by atoms with E-state index in [0.717, 1.165) is 19.3 Å². The first-order chi connectivity index (χ1) is 10.7. The molecule has 0 spiro atoms. The molecule has 0 aliphatic heterocycles. The van der Waals surface area contributed by atoms with E-state index in [0.29, 0.717) is 6.42 Å². The van der Waals surface area contributed by atoms with Gasteiger partial charge in [0.25, 0.3) is 5.29 Å². The second-order valence-electron chi connectivity index (χ2n) is 5.32. The SMILES string of the molecule is CCCCCCCC(F)(C(F)(F)F)[Si](OCC)(OCC)OCC. The van der Waals surface area contributed by atoms with E-state index in [1.807, 2.05) is 6.92 Å². The number of unbranched alkanes of at least 4 members (excludes halogenated alkanes) is 4. The lowest BCUT2D eigenvalue weighted by atomic mass is 10.1. The first kappa shape index (κ1) is 22.8. The summed E-state index contributed by atoms with van der Waals surface area (Å²) in [5, 5.41) is -3.58. The summed E-state index contributed by atoms with van der Waals surface area (Å²) >= 11 is 0. The molecule has 0 saturated carbocycles. The predicted octanol–water partition coefficient (Wildman–Crippen LogP) is 5.21. The smallest absolute Gasteiger partial charge is 0.372 e. The summed E-state index contributed by atoms with van der Waals surface area (Å²) in [4.78, 5) is 0. The molecule has 0 aliphatic carbocycles. The Kier molecular flexibility index (Phi) is 10.5. The highest BCUT2D eigenvalue weighted by atomic mass is 28.4. The lowest BCUT2D eigenvalue weighted by Gasteiger charge is -2.40. The van der Waals surface area contributed by atoms with Gasteiger partial charge in [0, 0.05) is 19.8 Å².